The van der Waals surface area contributed by atoms with Gasteiger partial charge in [0.15, 0.2) is 0 Å². The zero-order valence-corrected chi connectivity index (χ0v) is 35.7. The topological polar surface area (TPSA) is 16.4 Å². The molecule has 10 aromatic rings. The molecule has 2 nitrogen and oxygen atoms in total. The van der Waals surface area contributed by atoms with E-state index in [2.05, 4.69) is 206 Å². The lowest BCUT2D eigenvalue weighted by Gasteiger charge is -2.35. The standard InChI is InChI=1S/C61H49NO/c1-61(56-31-15-28-50-47-23-6-5-18-42(47)34-35-51(50)56)38-36-45(37-39-61)62(46-22-11-21-44(40-46)49-27-14-30-55-53-25-8-10-33-58(53)63-60(49)55)57-32-9-7-24-52(57)54-29-13-20-43-19-12-26-48(59(43)54)41-16-3-2-4-17-41/h5-15,18-38,40-41H,2-4,16-17,39H2,1H3. The van der Waals surface area contributed by atoms with Gasteiger partial charge in [0.1, 0.15) is 11.2 Å². The molecule has 1 unspecified atom stereocenters. The second-order valence-corrected chi connectivity index (χ2v) is 18.0. The third-order valence-corrected chi connectivity index (χ3v) is 14.3. The first-order chi connectivity index (χ1) is 31.1. The maximum Gasteiger partial charge on any atom is 0.143 e. The smallest absolute Gasteiger partial charge is 0.143 e. The van der Waals surface area contributed by atoms with Gasteiger partial charge in [-0.3, -0.25) is 0 Å². The Kier molecular flexibility index (Phi) is 9.15. The van der Waals surface area contributed by atoms with Gasteiger partial charge in [0.05, 0.1) is 5.69 Å². The maximum atomic E-state index is 6.60. The number of anilines is 2. The van der Waals surface area contributed by atoms with Crippen molar-refractivity contribution in [2.45, 2.75) is 56.8 Å². The molecule has 63 heavy (non-hydrogen) atoms. The predicted octanol–water partition coefficient (Wildman–Crippen LogP) is 17.4. The fraction of sp³-hybridized carbons (Fsp3) is 0.148. The number of hydrogen-bond donors (Lipinski definition) is 0. The van der Waals surface area contributed by atoms with Crippen molar-refractivity contribution in [1.82, 2.24) is 0 Å². The molecule has 0 saturated heterocycles. The van der Waals surface area contributed by atoms with Crippen LogP contribution in [0.15, 0.2) is 210 Å². The Bertz CT molecular complexity index is 3440. The van der Waals surface area contributed by atoms with E-state index in [1.165, 1.54) is 92.4 Å². The van der Waals surface area contributed by atoms with Gasteiger partial charge in [-0.1, -0.05) is 196 Å². The minimum Gasteiger partial charge on any atom is -0.455 e. The summed E-state index contributed by atoms with van der Waals surface area (Å²) in [5.74, 6) is 0.582. The van der Waals surface area contributed by atoms with Crippen molar-refractivity contribution >= 4 is 65.6 Å². The molecule has 2 aliphatic rings. The highest BCUT2D eigenvalue weighted by atomic mass is 16.3. The number of allylic oxidation sites excluding steroid dienone is 3. The van der Waals surface area contributed by atoms with E-state index in [1.807, 2.05) is 6.07 Å². The van der Waals surface area contributed by atoms with Crippen LogP contribution in [-0.2, 0) is 5.41 Å². The average Bonchev–Trinajstić information content (AvgIpc) is 3.74. The van der Waals surface area contributed by atoms with Crippen LogP contribution in [0.4, 0.5) is 11.4 Å². The number of para-hydroxylation sites is 3. The molecule has 1 atom stereocenters. The van der Waals surface area contributed by atoms with Crippen molar-refractivity contribution in [3.8, 4) is 22.3 Å². The Hall–Kier alpha value is -7.16. The van der Waals surface area contributed by atoms with E-state index in [0.717, 1.165) is 50.9 Å². The summed E-state index contributed by atoms with van der Waals surface area (Å²) in [5.41, 5.74) is 12.7. The second-order valence-electron chi connectivity index (χ2n) is 18.0. The Balaban J connectivity index is 1.03. The molecule has 9 aromatic carbocycles. The van der Waals surface area contributed by atoms with E-state index in [9.17, 15) is 0 Å². The molecule has 0 amide bonds. The summed E-state index contributed by atoms with van der Waals surface area (Å²) in [5, 5.41) is 10.2. The Morgan fingerprint density at radius 2 is 1.24 bits per heavy atom. The molecule has 1 heterocycles. The van der Waals surface area contributed by atoms with Gasteiger partial charge in [0.2, 0.25) is 0 Å². The van der Waals surface area contributed by atoms with E-state index in [4.69, 9.17) is 4.42 Å². The van der Waals surface area contributed by atoms with Crippen molar-refractivity contribution in [1.29, 1.82) is 0 Å². The fourth-order valence-corrected chi connectivity index (χ4v) is 11.1. The minimum atomic E-state index is -0.194. The van der Waals surface area contributed by atoms with Crippen LogP contribution >= 0.6 is 0 Å². The number of rotatable bonds is 7. The normalized spacial score (nSPS) is 16.9. The van der Waals surface area contributed by atoms with Crippen LogP contribution in [-0.4, -0.2) is 0 Å². The molecule has 0 spiro atoms. The lowest BCUT2D eigenvalue weighted by molar-refractivity contribution is 0.445. The van der Waals surface area contributed by atoms with Crippen LogP contribution in [0.25, 0.3) is 76.5 Å². The number of fused-ring (bicyclic) bond motifs is 7. The lowest BCUT2D eigenvalue weighted by Crippen LogP contribution is -2.25. The van der Waals surface area contributed by atoms with Crippen molar-refractivity contribution in [2.24, 2.45) is 0 Å². The van der Waals surface area contributed by atoms with Gasteiger partial charge >= 0.3 is 0 Å². The zero-order valence-electron chi connectivity index (χ0n) is 35.7. The highest BCUT2D eigenvalue weighted by Gasteiger charge is 2.30. The molecule has 2 heteroatoms. The first-order valence-corrected chi connectivity index (χ1v) is 22.8. The summed E-state index contributed by atoms with van der Waals surface area (Å²) in [6, 6.07) is 67.1. The Morgan fingerprint density at radius 1 is 0.540 bits per heavy atom. The lowest BCUT2D eigenvalue weighted by atomic mass is 9.74. The van der Waals surface area contributed by atoms with Crippen LogP contribution in [0.3, 0.4) is 0 Å². The molecule has 1 fully saturated rings. The molecular formula is C61H49NO. The summed E-state index contributed by atoms with van der Waals surface area (Å²) in [7, 11) is 0. The average molecular weight is 812 g/mol. The van der Waals surface area contributed by atoms with Crippen LogP contribution in [0, 0.1) is 0 Å². The molecule has 1 saturated carbocycles. The third kappa shape index (κ3) is 6.39. The van der Waals surface area contributed by atoms with Gasteiger partial charge in [0, 0.05) is 38.7 Å². The molecule has 1 aromatic heterocycles. The molecule has 0 N–H and O–H groups in total. The fourth-order valence-electron chi connectivity index (χ4n) is 11.1. The number of hydrogen-bond acceptors (Lipinski definition) is 2. The zero-order chi connectivity index (χ0) is 41.9. The van der Waals surface area contributed by atoms with Gasteiger partial charge < -0.3 is 9.32 Å². The first-order valence-electron chi connectivity index (χ1n) is 22.8. The quantitative estimate of drug-likeness (QED) is 0.149. The highest BCUT2D eigenvalue weighted by molar-refractivity contribution is 6.10. The van der Waals surface area contributed by atoms with Gasteiger partial charge in [-0.05, 0) is 110 Å². The van der Waals surface area contributed by atoms with Crippen LogP contribution in [0.2, 0.25) is 0 Å². The van der Waals surface area contributed by atoms with Crippen molar-refractivity contribution in [3.05, 3.63) is 217 Å². The minimum absolute atomic E-state index is 0.194. The third-order valence-electron chi connectivity index (χ3n) is 14.3. The van der Waals surface area contributed by atoms with E-state index < -0.39 is 0 Å². The molecular weight excluding hydrogens is 763 g/mol. The summed E-state index contributed by atoms with van der Waals surface area (Å²) in [6.07, 6.45) is 14.6. The van der Waals surface area contributed by atoms with Crippen LogP contribution < -0.4 is 4.90 Å². The molecule has 12 rings (SSSR count). The number of nitrogens with zero attached hydrogens (tertiary/aromatic N) is 1. The molecule has 0 bridgehead atoms. The Morgan fingerprint density at radius 3 is 2.13 bits per heavy atom. The van der Waals surface area contributed by atoms with Gasteiger partial charge in [-0.15, -0.1) is 0 Å². The van der Waals surface area contributed by atoms with Crippen molar-refractivity contribution in [2.75, 3.05) is 4.90 Å². The molecule has 0 radical (unpaired) electrons. The summed E-state index contributed by atoms with van der Waals surface area (Å²) in [4.78, 5) is 2.51. The molecule has 0 aliphatic heterocycles. The molecule has 304 valence electrons. The van der Waals surface area contributed by atoms with E-state index >= 15 is 0 Å². The van der Waals surface area contributed by atoms with E-state index in [-0.39, 0.29) is 5.41 Å². The largest absolute Gasteiger partial charge is 0.455 e. The SMILES string of the molecule is CC1(c2cccc3c2ccc2ccccc23)C=CC(N(c2cccc(-c3cccc4c3oc3ccccc34)c2)c2ccccc2-c2cccc3cccc(C4CCCCC4)c23)=CC1. The van der Waals surface area contributed by atoms with E-state index in [1.54, 1.807) is 0 Å². The number of furan rings is 1. The van der Waals surface area contributed by atoms with Crippen molar-refractivity contribution < 1.29 is 4.42 Å². The Labute approximate surface area is 369 Å². The highest BCUT2D eigenvalue weighted by Crippen LogP contribution is 2.47. The van der Waals surface area contributed by atoms with Crippen molar-refractivity contribution in [3.63, 3.8) is 0 Å². The summed E-state index contributed by atoms with van der Waals surface area (Å²) < 4.78 is 6.60. The predicted molar refractivity (Wildman–Crippen MR) is 267 cm³/mol. The number of benzene rings is 9. The van der Waals surface area contributed by atoms with Gasteiger partial charge in [0.25, 0.3) is 0 Å². The van der Waals surface area contributed by atoms with Gasteiger partial charge in [-0.25, -0.2) is 0 Å². The van der Waals surface area contributed by atoms with Crippen LogP contribution in [0.5, 0.6) is 0 Å². The monoisotopic (exact) mass is 811 g/mol. The summed E-state index contributed by atoms with van der Waals surface area (Å²) in [6.45, 7) is 2.40. The maximum absolute atomic E-state index is 6.60. The summed E-state index contributed by atoms with van der Waals surface area (Å²) >= 11 is 0. The van der Waals surface area contributed by atoms with Gasteiger partial charge in [-0.2, -0.15) is 0 Å². The van der Waals surface area contributed by atoms with E-state index in [0.29, 0.717) is 5.92 Å². The first kappa shape index (κ1) is 37.6. The van der Waals surface area contributed by atoms with Crippen LogP contribution in [0.1, 0.15) is 62.5 Å². The molecule has 2 aliphatic carbocycles. The second kappa shape index (κ2) is 15.3.